The lowest BCUT2D eigenvalue weighted by atomic mass is 10.4. The van der Waals surface area contributed by atoms with E-state index in [2.05, 4.69) is 0 Å². The molecule has 0 aliphatic heterocycles. The van der Waals surface area contributed by atoms with Gasteiger partial charge in [0.2, 0.25) is 0 Å². The summed E-state index contributed by atoms with van der Waals surface area (Å²) in [4.78, 5) is 0. The molecule has 0 saturated carbocycles. The second-order valence-electron chi connectivity index (χ2n) is 2.27. The van der Waals surface area contributed by atoms with E-state index in [4.69, 9.17) is 0 Å². The van der Waals surface area contributed by atoms with E-state index >= 15 is 0 Å². The molecule has 0 aromatic heterocycles. The van der Waals surface area contributed by atoms with Crippen molar-refractivity contribution in [3.8, 4) is 0 Å². The third-order valence-corrected chi connectivity index (χ3v) is 3.83. The molecule has 1 atom stereocenters. The van der Waals surface area contributed by atoms with Crippen LogP contribution in [0.4, 0.5) is 4.39 Å². The molecular formula is C6H13FO2S. The molecule has 0 heterocycles. The zero-order chi connectivity index (χ0) is 8.20. The van der Waals surface area contributed by atoms with Gasteiger partial charge in [0.05, 0.1) is 11.0 Å². The van der Waals surface area contributed by atoms with E-state index in [9.17, 15) is 12.8 Å². The molecule has 0 N–H and O–H groups in total. The molecule has 0 aromatic rings. The first kappa shape index (κ1) is 9.88. The Morgan fingerprint density at radius 3 is 2.30 bits per heavy atom. The molecule has 0 rings (SSSR count). The van der Waals surface area contributed by atoms with E-state index in [-0.39, 0.29) is 5.75 Å². The van der Waals surface area contributed by atoms with Crippen LogP contribution in [0.25, 0.3) is 0 Å². The van der Waals surface area contributed by atoms with Crippen molar-refractivity contribution in [2.24, 2.45) is 0 Å². The predicted octanol–water partition coefficient (Wildman–Crippen LogP) is 1.17. The average molecular weight is 168 g/mol. The highest BCUT2D eigenvalue weighted by atomic mass is 32.2. The van der Waals surface area contributed by atoms with Gasteiger partial charge in [0.25, 0.3) is 0 Å². The maximum absolute atomic E-state index is 11.6. The number of halogens is 1. The molecule has 0 radical (unpaired) electrons. The van der Waals surface area contributed by atoms with Crippen LogP contribution >= 0.6 is 0 Å². The predicted molar refractivity (Wildman–Crippen MR) is 39.5 cm³/mol. The van der Waals surface area contributed by atoms with Crippen molar-refractivity contribution < 1.29 is 12.8 Å². The number of sulfone groups is 1. The number of alkyl halides is 1. The van der Waals surface area contributed by atoms with Gasteiger partial charge in [-0.1, -0.05) is 6.92 Å². The summed E-state index contributed by atoms with van der Waals surface area (Å²) >= 11 is 0. The van der Waals surface area contributed by atoms with Crippen LogP contribution in [0, 0.1) is 0 Å². The molecule has 0 spiro atoms. The van der Waals surface area contributed by atoms with Gasteiger partial charge in [-0.15, -0.1) is 0 Å². The number of rotatable bonds is 4. The Morgan fingerprint density at radius 2 is 2.00 bits per heavy atom. The monoisotopic (exact) mass is 168 g/mol. The molecule has 0 aromatic carbocycles. The molecule has 62 valence electrons. The molecule has 0 aliphatic rings. The van der Waals surface area contributed by atoms with Crippen LogP contribution < -0.4 is 0 Å². The molecule has 4 heteroatoms. The maximum Gasteiger partial charge on any atom is 0.155 e. The number of hydrogen-bond donors (Lipinski definition) is 0. The zero-order valence-corrected chi connectivity index (χ0v) is 7.12. The van der Waals surface area contributed by atoms with Gasteiger partial charge in [-0.2, -0.15) is 0 Å². The molecular weight excluding hydrogens is 155 g/mol. The van der Waals surface area contributed by atoms with Gasteiger partial charge in [-0.05, 0) is 13.3 Å². The first-order valence-electron chi connectivity index (χ1n) is 3.32. The van der Waals surface area contributed by atoms with Crippen molar-refractivity contribution in [1.29, 1.82) is 0 Å². The average Bonchev–Trinajstić information content (AvgIpc) is 1.86. The number of hydrogen-bond acceptors (Lipinski definition) is 2. The third-order valence-electron chi connectivity index (χ3n) is 1.55. The van der Waals surface area contributed by atoms with Crippen molar-refractivity contribution in [1.82, 2.24) is 0 Å². The molecule has 0 aliphatic carbocycles. The van der Waals surface area contributed by atoms with Crippen LogP contribution in [0.3, 0.4) is 0 Å². The Labute approximate surface area is 61.4 Å². The molecule has 0 fully saturated rings. The first-order chi connectivity index (χ1) is 4.54. The van der Waals surface area contributed by atoms with Crippen LogP contribution in [-0.2, 0) is 9.84 Å². The standard InChI is InChI=1S/C6H13FO2S/c1-3-6(2)10(8,9)5-4-7/h6H,3-5H2,1-2H3. The fourth-order valence-corrected chi connectivity index (χ4v) is 1.69. The van der Waals surface area contributed by atoms with E-state index < -0.39 is 21.8 Å². The lowest BCUT2D eigenvalue weighted by Gasteiger charge is -2.07. The molecule has 0 amide bonds. The van der Waals surface area contributed by atoms with Crippen LogP contribution in [-0.4, -0.2) is 26.1 Å². The fraction of sp³-hybridized carbons (Fsp3) is 1.00. The largest absolute Gasteiger partial charge is 0.250 e. The van der Waals surface area contributed by atoms with Crippen LogP contribution in [0.1, 0.15) is 20.3 Å². The van der Waals surface area contributed by atoms with E-state index in [1.54, 1.807) is 13.8 Å². The van der Waals surface area contributed by atoms with Crippen molar-refractivity contribution in [2.75, 3.05) is 12.4 Å². The van der Waals surface area contributed by atoms with Gasteiger partial charge in [-0.3, -0.25) is 0 Å². The van der Waals surface area contributed by atoms with Gasteiger partial charge in [0, 0.05) is 0 Å². The van der Waals surface area contributed by atoms with Gasteiger partial charge < -0.3 is 0 Å². The normalized spacial score (nSPS) is 15.1. The van der Waals surface area contributed by atoms with E-state index in [0.717, 1.165) is 0 Å². The van der Waals surface area contributed by atoms with E-state index in [1.807, 2.05) is 0 Å². The summed E-state index contributed by atoms with van der Waals surface area (Å²) in [6, 6.07) is 0. The summed E-state index contributed by atoms with van der Waals surface area (Å²) in [7, 11) is -3.14. The Hall–Kier alpha value is -0.120. The molecule has 0 saturated heterocycles. The molecule has 1 unspecified atom stereocenters. The van der Waals surface area contributed by atoms with Gasteiger partial charge in [0.1, 0.15) is 6.67 Å². The minimum Gasteiger partial charge on any atom is -0.250 e. The summed E-state index contributed by atoms with van der Waals surface area (Å²) in [5.41, 5.74) is 0. The van der Waals surface area contributed by atoms with Crippen molar-refractivity contribution in [3.05, 3.63) is 0 Å². The summed E-state index contributed by atoms with van der Waals surface area (Å²) in [6.07, 6.45) is 0.558. The van der Waals surface area contributed by atoms with E-state index in [0.29, 0.717) is 6.42 Å². The highest BCUT2D eigenvalue weighted by Gasteiger charge is 2.17. The fourth-order valence-electron chi connectivity index (χ4n) is 0.563. The van der Waals surface area contributed by atoms with Crippen molar-refractivity contribution in [3.63, 3.8) is 0 Å². The molecule has 0 bridgehead atoms. The van der Waals surface area contributed by atoms with Crippen LogP contribution in [0.15, 0.2) is 0 Å². The summed E-state index contributed by atoms with van der Waals surface area (Å²) in [6.45, 7) is 2.61. The third kappa shape index (κ3) is 2.64. The Morgan fingerprint density at radius 1 is 1.50 bits per heavy atom. The summed E-state index contributed by atoms with van der Waals surface area (Å²) in [5.74, 6) is -0.331. The Kier molecular flexibility index (Phi) is 3.86. The van der Waals surface area contributed by atoms with Crippen LogP contribution in [0.2, 0.25) is 0 Å². The van der Waals surface area contributed by atoms with Gasteiger partial charge in [-0.25, -0.2) is 12.8 Å². The topological polar surface area (TPSA) is 34.1 Å². The minimum atomic E-state index is -3.14. The van der Waals surface area contributed by atoms with Gasteiger partial charge >= 0.3 is 0 Å². The van der Waals surface area contributed by atoms with E-state index in [1.165, 1.54) is 0 Å². The molecule has 10 heavy (non-hydrogen) atoms. The first-order valence-corrected chi connectivity index (χ1v) is 5.03. The minimum absolute atomic E-state index is 0.331. The van der Waals surface area contributed by atoms with Crippen molar-refractivity contribution >= 4 is 9.84 Å². The second kappa shape index (κ2) is 3.91. The lowest BCUT2D eigenvalue weighted by molar-refractivity contribution is 0.513. The molecule has 2 nitrogen and oxygen atoms in total. The Balaban J connectivity index is 4.12. The van der Waals surface area contributed by atoms with Gasteiger partial charge in [0.15, 0.2) is 9.84 Å². The smallest absolute Gasteiger partial charge is 0.155 e. The quantitative estimate of drug-likeness (QED) is 0.631. The SMILES string of the molecule is CCC(C)S(=O)(=O)CCF. The van der Waals surface area contributed by atoms with Crippen molar-refractivity contribution in [2.45, 2.75) is 25.5 Å². The zero-order valence-electron chi connectivity index (χ0n) is 6.30. The summed E-state index contributed by atoms with van der Waals surface area (Å²) in [5, 5.41) is -0.400. The Bertz CT molecular complexity index is 174. The highest BCUT2D eigenvalue weighted by molar-refractivity contribution is 7.92. The maximum atomic E-state index is 11.6. The van der Waals surface area contributed by atoms with Crippen LogP contribution in [0.5, 0.6) is 0 Å². The summed E-state index contributed by atoms with van der Waals surface area (Å²) < 4.78 is 33.4. The highest BCUT2D eigenvalue weighted by Crippen LogP contribution is 2.05. The second-order valence-corrected chi connectivity index (χ2v) is 4.81. The lowest BCUT2D eigenvalue weighted by Crippen LogP contribution is -2.20.